The average Bonchev–Trinajstić information content (AvgIpc) is 3.15. The molecule has 0 aliphatic rings. The van der Waals surface area contributed by atoms with Gasteiger partial charge < -0.3 is 9.84 Å². The molecule has 3 rings (SSSR count). The quantitative estimate of drug-likeness (QED) is 0.436. The van der Waals surface area contributed by atoms with Crippen molar-refractivity contribution in [3.05, 3.63) is 59.5 Å². The monoisotopic (exact) mass is 408 g/mol. The number of hydrogen-bond acceptors (Lipinski definition) is 5. The largest absolute Gasteiger partial charge is 0.492 e. The molecule has 0 amide bonds. The fourth-order valence-corrected chi connectivity index (χ4v) is 3.36. The summed E-state index contributed by atoms with van der Waals surface area (Å²) in [4.78, 5) is 4.54. The highest BCUT2D eigenvalue weighted by Crippen LogP contribution is 2.33. The fraction of sp³-hybridized carbons (Fsp3) is 0.250. The van der Waals surface area contributed by atoms with Crippen LogP contribution in [0.5, 0.6) is 5.75 Å². The van der Waals surface area contributed by atoms with E-state index < -0.39 is 18.0 Å². The van der Waals surface area contributed by atoms with Gasteiger partial charge in [-0.1, -0.05) is 24.3 Å². The van der Waals surface area contributed by atoms with E-state index in [9.17, 15) is 13.2 Å². The second-order valence-electron chi connectivity index (χ2n) is 6.12. The molecule has 1 unspecified atom stereocenters. The predicted octanol–water partition coefficient (Wildman–Crippen LogP) is 4.80. The van der Waals surface area contributed by atoms with Gasteiger partial charge >= 0.3 is 6.18 Å². The Bertz CT molecular complexity index is 908. The topological polar surface area (TPSA) is 54.4 Å². The molecule has 1 atom stereocenters. The molecule has 2 N–H and O–H groups in total. The molecule has 0 bridgehead atoms. The number of aliphatic hydroxyl groups excluding tert-OH is 1. The molecule has 4 nitrogen and oxygen atoms in total. The van der Waals surface area contributed by atoms with Crippen molar-refractivity contribution in [2.45, 2.75) is 19.3 Å². The van der Waals surface area contributed by atoms with E-state index in [1.54, 1.807) is 6.92 Å². The Balaban J connectivity index is 1.70. The Labute approximate surface area is 164 Å². The average molecular weight is 408 g/mol. The smallest absolute Gasteiger partial charge is 0.416 e. The SMILES string of the molecule is CC(O)NCCOc1cccc(-c2csc(-c3ccc(C(F)(F)F)cc3)n2)c1. The van der Waals surface area contributed by atoms with Gasteiger partial charge in [0, 0.05) is 23.1 Å². The Kier molecular flexibility index (Phi) is 6.33. The summed E-state index contributed by atoms with van der Waals surface area (Å²) in [6, 6.07) is 12.4. The van der Waals surface area contributed by atoms with Gasteiger partial charge in [-0.3, -0.25) is 5.32 Å². The summed E-state index contributed by atoms with van der Waals surface area (Å²) in [5, 5.41) is 14.5. The van der Waals surface area contributed by atoms with Crippen LogP contribution in [0, 0.1) is 0 Å². The number of nitrogens with one attached hydrogen (secondary N) is 1. The predicted molar refractivity (Wildman–Crippen MR) is 103 cm³/mol. The Hall–Kier alpha value is -2.42. The van der Waals surface area contributed by atoms with Crippen LogP contribution in [0.4, 0.5) is 13.2 Å². The first kappa shape index (κ1) is 20.3. The normalized spacial score (nSPS) is 12.8. The molecular formula is C20H19F3N2O2S. The van der Waals surface area contributed by atoms with Crippen LogP contribution in [0.2, 0.25) is 0 Å². The second kappa shape index (κ2) is 8.72. The van der Waals surface area contributed by atoms with E-state index in [-0.39, 0.29) is 0 Å². The Morgan fingerprint density at radius 3 is 2.57 bits per heavy atom. The lowest BCUT2D eigenvalue weighted by Gasteiger charge is -2.09. The van der Waals surface area contributed by atoms with E-state index in [0.717, 1.165) is 23.4 Å². The van der Waals surface area contributed by atoms with Crippen LogP contribution >= 0.6 is 11.3 Å². The molecule has 0 fully saturated rings. The lowest BCUT2D eigenvalue weighted by atomic mass is 10.1. The van der Waals surface area contributed by atoms with Gasteiger partial charge in [-0.25, -0.2) is 4.98 Å². The first-order valence-electron chi connectivity index (χ1n) is 8.61. The zero-order valence-corrected chi connectivity index (χ0v) is 15.8. The van der Waals surface area contributed by atoms with Gasteiger partial charge in [0.1, 0.15) is 23.6 Å². The van der Waals surface area contributed by atoms with Gasteiger partial charge in [0.05, 0.1) is 11.3 Å². The van der Waals surface area contributed by atoms with Crippen LogP contribution in [0.25, 0.3) is 21.8 Å². The van der Waals surface area contributed by atoms with Crippen LogP contribution in [0.1, 0.15) is 12.5 Å². The van der Waals surface area contributed by atoms with Crippen LogP contribution < -0.4 is 10.1 Å². The van der Waals surface area contributed by atoms with Gasteiger partial charge in [0.15, 0.2) is 0 Å². The minimum absolute atomic E-state index is 0.405. The zero-order valence-electron chi connectivity index (χ0n) is 15.0. The summed E-state index contributed by atoms with van der Waals surface area (Å²) in [6.07, 6.45) is -4.94. The third kappa shape index (κ3) is 5.31. The third-order valence-electron chi connectivity index (χ3n) is 3.90. The first-order valence-corrected chi connectivity index (χ1v) is 9.49. The van der Waals surface area contributed by atoms with E-state index in [1.807, 2.05) is 29.6 Å². The minimum Gasteiger partial charge on any atom is -0.492 e. The number of rotatable bonds is 7. The maximum Gasteiger partial charge on any atom is 0.416 e. The lowest BCUT2D eigenvalue weighted by molar-refractivity contribution is -0.137. The molecule has 0 aliphatic heterocycles. The molecule has 2 aromatic carbocycles. The number of aromatic nitrogens is 1. The Morgan fingerprint density at radius 2 is 1.89 bits per heavy atom. The third-order valence-corrected chi connectivity index (χ3v) is 4.80. The summed E-state index contributed by atoms with van der Waals surface area (Å²) >= 11 is 1.37. The number of alkyl halides is 3. The molecule has 28 heavy (non-hydrogen) atoms. The van der Waals surface area contributed by atoms with Crippen molar-refractivity contribution < 1.29 is 23.0 Å². The van der Waals surface area contributed by atoms with E-state index in [4.69, 9.17) is 9.84 Å². The van der Waals surface area contributed by atoms with E-state index in [0.29, 0.717) is 29.5 Å². The first-order chi connectivity index (χ1) is 13.3. The molecule has 3 aromatic rings. The van der Waals surface area contributed by atoms with Gasteiger partial charge in [-0.2, -0.15) is 13.2 Å². The van der Waals surface area contributed by atoms with Crippen molar-refractivity contribution in [1.29, 1.82) is 0 Å². The highest BCUT2D eigenvalue weighted by Gasteiger charge is 2.30. The van der Waals surface area contributed by atoms with E-state index in [2.05, 4.69) is 10.3 Å². The number of aliphatic hydroxyl groups is 1. The van der Waals surface area contributed by atoms with Crippen LogP contribution in [0.3, 0.4) is 0 Å². The molecule has 8 heteroatoms. The summed E-state index contributed by atoms with van der Waals surface area (Å²) < 4.78 is 43.7. The lowest BCUT2D eigenvalue weighted by Crippen LogP contribution is -2.29. The number of benzene rings is 2. The number of thiazole rings is 1. The van der Waals surface area contributed by atoms with Gasteiger partial charge in [0.25, 0.3) is 0 Å². The molecular weight excluding hydrogens is 389 g/mol. The van der Waals surface area contributed by atoms with Crippen molar-refractivity contribution in [1.82, 2.24) is 10.3 Å². The summed E-state index contributed by atoms with van der Waals surface area (Å²) in [5.74, 6) is 0.675. The van der Waals surface area contributed by atoms with Gasteiger partial charge in [0.2, 0.25) is 0 Å². The number of halogens is 3. The molecule has 0 spiro atoms. The highest BCUT2D eigenvalue weighted by molar-refractivity contribution is 7.13. The summed E-state index contributed by atoms with van der Waals surface area (Å²) in [7, 11) is 0. The molecule has 0 radical (unpaired) electrons. The Morgan fingerprint density at radius 1 is 1.14 bits per heavy atom. The molecule has 0 aliphatic carbocycles. The number of ether oxygens (including phenoxy) is 1. The van der Waals surface area contributed by atoms with Crippen molar-refractivity contribution in [3.8, 4) is 27.6 Å². The van der Waals surface area contributed by atoms with Crippen molar-refractivity contribution >= 4 is 11.3 Å². The van der Waals surface area contributed by atoms with Crippen LogP contribution in [0.15, 0.2) is 53.9 Å². The fourth-order valence-electron chi connectivity index (χ4n) is 2.52. The second-order valence-corrected chi connectivity index (χ2v) is 6.98. The zero-order chi connectivity index (χ0) is 20.1. The van der Waals surface area contributed by atoms with Crippen molar-refractivity contribution in [2.24, 2.45) is 0 Å². The number of hydrogen-bond donors (Lipinski definition) is 2. The summed E-state index contributed by atoms with van der Waals surface area (Å²) in [6.45, 7) is 2.55. The van der Waals surface area contributed by atoms with E-state index >= 15 is 0 Å². The molecule has 1 aromatic heterocycles. The number of nitrogens with zero attached hydrogens (tertiary/aromatic N) is 1. The standard InChI is InChI=1S/C20H19F3N2O2S/c1-13(26)24-9-10-27-17-4-2-3-15(11-17)18-12-28-19(25-18)14-5-7-16(8-6-14)20(21,22)23/h2-8,11-13,24,26H,9-10H2,1H3. The molecule has 0 saturated carbocycles. The van der Waals surface area contributed by atoms with Crippen molar-refractivity contribution in [2.75, 3.05) is 13.2 Å². The maximum atomic E-state index is 12.7. The van der Waals surface area contributed by atoms with E-state index in [1.165, 1.54) is 23.5 Å². The van der Waals surface area contributed by atoms with Crippen molar-refractivity contribution in [3.63, 3.8) is 0 Å². The highest BCUT2D eigenvalue weighted by atomic mass is 32.1. The van der Waals surface area contributed by atoms with Crippen LogP contribution in [-0.4, -0.2) is 29.5 Å². The van der Waals surface area contributed by atoms with Crippen LogP contribution in [-0.2, 0) is 6.18 Å². The summed E-state index contributed by atoms with van der Waals surface area (Å²) in [5.41, 5.74) is 1.55. The molecule has 148 valence electrons. The molecule has 0 saturated heterocycles. The van der Waals surface area contributed by atoms with Gasteiger partial charge in [-0.05, 0) is 31.2 Å². The molecule has 1 heterocycles. The van der Waals surface area contributed by atoms with Gasteiger partial charge in [-0.15, -0.1) is 11.3 Å². The maximum absolute atomic E-state index is 12.7. The minimum atomic E-state index is -4.35.